The molecule has 0 aliphatic carbocycles. The van der Waals surface area contributed by atoms with Gasteiger partial charge < -0.3 is 14.2 Å². The van der Waals surface area contributed by atoms with E-state index in [9.17, 15) is 9.59 Å². The Hall–Kier alpha value is -3.41. The number of aliphatic imine (C=N–C) groups is 1. The monoisotopic (exact) mass is 421 g/mol. The molecule has 0 bridgehead atoms. The van der Waals surface area contributed by atoms with Gasteiger partial charge in [-0.1, -0.05) is 57.2 Å². The summed E-state index contributed by atoms with van der Waals surface area (Å²) in [5.74, 6) is 0.0575. The van der Waals surface area contributed by atoms with Crippen LogP contribution in [0.5, 0.6) is 5.75 Å². The normalized spacial score (nSPS) is 18.6. The maximum Gasteiger partial charge on any atom is 0.341 e. The van der Waals surface area contributed by atoms with E-state index in [1.807, 2.05) is 51.1 Å². The number of cyclic esters (lactones) is 1. The summed E-state index contributed by atoms with van der Waals surface area (Å²) in [7, 11) is 1.59. The topological polar surface area (TPSA) is 74.2 Å². The first-order chi connectivity index (χ1) is 14.7. The summed E-state index contributed by atoms with van der Waals surface area (Å²) in [6.45, 7) is 5.97. The molecule has 6 heteroatoms. The minimum Gasteiger partial charge on any atom is -0.497 e. The molecule has 1 aliphatic heterocycles. The van der Waals surface area contributed by atoms with Crippen molar-refractivity contribution < 1.29 is 23.8 Å². The summed E-state index contributed by atoms with van der Waals surface area (Å²) >= 11 is 0. The van der Waals surface area contributed by atoms with E-state index in [0.717, 1.165) is 5.56 Å². The van der Waals surface area contributed by atoms with Crippen LogP contribution in [0.2, 0.25) is 0 Å². The first kappa shape index (κ1) is 22.3. The molecule has 2 aromatic rings. The molecule has 31 heavy (non-hydrogen) atoms. The number of carbonyl (C=O) groups excluding carboxylic acids is 2. The molecule has 0 spiro atoms. The van der Waals surface area contributed by atoms with E-state index in [1.165, 1.54) is 6.08 Å². The predicted octanol–water partition coefficient (Wildman–Crippen LogP) is 4.47. The Morgan fingerprint density at radius 1 is 1.10 bits per heavy atom. The van der Waals surface area contributed by atoms with Gasteiger partial charge in [-0.25, -0.2) is 14.6 Å². The van der Waals surface area contributed by atoms with Gasteiger partial charge in [0.25, 0.3) is 0 Å². The Kier molecular flexibility index (Phi) is 6.59. The molecule has 6 nitrogen and oxygen atoms in total. The molecule has 0 N–H and O–H groups in total. The summed E-state index contributed by atoms with van der Waals surface area (Å²) in [4.78, 5) is 29.7. The first-order valence-corrected chi connectivity index (χ1v) is 10.1. The third kappa shape index (κ3) is 5.02. The second-order valence-electron chi connectivity index (χ2n) is 8.35. The van der Waals surface area contributed by atoms with Crippen LogP contribution in [-0.2, 0) is 25.7 Å². The van der Waals surface area contributed by atoms with E-state index in [4.69, 9.17) is 14.2 Å². The zero-order chi connectivity index (χ0) is 22.5. The van der Waals surface area contributed by atoms with Crippen LogP contribution in [0.15, 0.2) is 71.7 Å². The van der Waals surface area contributed by atoms with E-state index in [2.05, 4.69) is 4.99 Å². The lowest BCUT2D eigenvalue weighted by molar-refractivity contribution is -0.143. The zero-order valence-corrected chi connectivity index (χ0v) is 18.3. The number of hydrogen-bond donors (Lipinski definition) is 0. The quantitative estimate of drug-likeness (QED) is 0.487. The van der Waals surface area contributed by atoms with E-state index in [0.29, 0.717) is 11.3 Å². The molecular formula is C25H27NO5. The van der Waals surface area contributed by atoms with Crippen molar-refractivity contribution in [1.29, 1.82) is 0 Å². The summed E-state index contributed by atoms with van der Waals surface area (Å²) in [5.41, 5.74) is -0.0789. The number of methoxy groups -OCH3 is 1. The van der Waals surface area contributed by atoms with Gasteiger partial charge in [0.05, 0.1) is 7.11 Å². The van der Waals surface area contributed by atoms with Crippen LogP contribution in [0.4, 0.5) is 0 Å². The summed E-state index contributed by atoms with van der Waals surface area (Å²) < 4.78 is 16.0. The fraction of sp³-hybridized carbons (Fsp3) is 0.320. The standard InChI is InChI=1S/C25H27NO5/c1-24(2,3)25(16-8-11-21(27)30-17-18-9-6-5-7-10-18)23(28)31-22(26-25)19-12-14-20(29-4)15-13-19/h5-15H,16-17H2,1-4H3/b11-8+/t25-/m0/s1. The highest BCUT2D eigenvalue weighted by molar-refractivity contribution is 6.08. The summed E-state index contributed by atoms with van der Waals surface area (Å²) in [5, 5.41) is 0. The van der Waals surface area contributed by atoms with Gasteiger partial charge in [0, 0.05) is 18.1 Å². The molecule has 1 atom stereocenters. The molecule has 0 saturated carbocycles. The molecule has 0 aromatic heterocycles. The molecule has 2 aromatic carbocycles. The minimum atomic E-state index is -1.14. The highest BCUT2D eigenvalue weighted by Crippen LogP contribution is 2.42. The van der Waals surface area contributed by atoms with Crippen molar-refractivity contribution in [3.63, 3.8) is 0 Å². The van der Waals surface area contributed by atoms with Gasteiger partial charge in [-0.2, -0.15) is 0 Å². The van der Waals surface area contributed by atoms with Crippen LogP contribution in [-0.4, -0.2) is 30.5 Å². The number of ether oxygens (including phenoxy) is 3. The number of esters is 2. The van der Waals surface area contributed by atoms with E-state index in [-0.39, 0.29) is 18.9 Å². The fourth-order valence-electron chi connectivity index (χ4n) is 3.28. The molecular weight excluding hydrogens is 394 g/mol. The van der Waals surface area contributed by atoms with Gasteiger partial charge >= 0.3 is 11.9 Å². The zero-order valence-electron chi connectivity index (χ0n) is 18.3. The number of hydrogen-bond acceptors (Lipinski definition) is 6. The maximum absolute atomic E-state index is 12.9. The Morgan fingerprint density at radius 3 is 2.39 bits per heavy atom. The molecule has 162 valence electrons. The molecule has 1 heterocycles. The predicted molar refractivity (Wildman–Crippen MR) is 118 cm³/mol. The summed E-state index contributed by atoms with van der Waals surface area (Å²) in [6, 6.07) is 16.6. The number of nitrogens with zero attached hydrogens (tertiary/aromatic N) is 1. The minimum absolute atomic E-state index is 0.191. The van der Waals surface area contributed by atoms with Gasteiger partial charge in [-0.15, -0.1) is 0 Å². The van der Waals surface area contributed by atoms with Crippen LogP contribution >= 0.6 is 0 Å². The van der Waals surface area contributed by atoms with Crippen LogP contribution < -0.4 is 4.74 Å². The van der Waals surface area contributed by atoms with Crippen LogP contribution in [0.25, 0.3) is 0 Å². The Balaban J connectivity index is 1.74. The second-order valence-corrected chi connectivity index (χ2v) is 8.35. The molecule has 0 amide bonds. The van der Waals surface area contributed by atoms with E-state index in [1.54, 1.807) is 37.5 Å². The fourth-order valence-corrected chi connectivity index (χ4v) is 3.28. The lowest BCUT2D eigenvalue weighted by atomic mass is 9.72. The largest absolute Gasteiger partial charge is 0.497 e. The Morgan fingerprint density at radius 2 is 1.77 bits per heavy atom. The van der Waals surface area contributed by atoms with Crippen molar-refractivity contribution in [2.45, 2.75) is 39.3 Å². The average Bonchev–Trinajstić information content (AvgIpc) is 3.10. The lowest BCUT2D eigenvalue weighted by Crippen LogP contribution is -2.46. The maximum atomic E-state index is 12.9. The van der Waals surface area contributed by atoms with Crippen molar-refractivity contribution in [3.8, 4) is 5.75 Å². The van der Waals surface area contributed by atoms with Gasteiger partial charge in [-0.3, -0.25) is 0 Å². The van der Waals surface area contributed by atoms with Crippen LogP contribution in [0.3, 0.4) is 0 Å². The van der Waals surface area contributed by atoms with E-state index < -0.39 is 22.9 Å². The molecule has 0 fully saturated rings. The highest BCUT2D eigenvalue weighted by Gasteiger charge is 2.53. The highest BCUT2D eigenvalue weighted by atomic mass is 16.6. The SMILES string of the molecule is COc1ccc(C2=N[C@](C/C=C/C(=O)OCc3ccccc3)(C(C)(C)C)C(=O)O2)cc1. The molecule has 0 saturated heterocycles. The number of carbonyl (C=O) groups is 2. The van der Waals surface area contributed by atoms with Gasteiger partial charge in [-0.05, 0) is 35.2 Å². The van der Waals surface area contributed by atoms with Crippen LogP contribution in [0, 0.1) is 5.41 Å². The van der Waals surface area contributed by atoms with E-state index >= 15 is 0 Å². The van der Waals surface area contributed by atoms with Crippen molar-refractivity contribution in [1.82, 2.24) is 0 Å². The van der Waals surface area contributed by atoms with Crippen molar-refractivity contribution in [2.24, 2.45) is 10.4 Å². The average molecular weight is 421 g/mol. The Bertz CT molecular complexity index is 987. The Labute approximate surface area is 182 Å². The third-order valence-electron chi connectivity index (χ3n) is 5.29. The summed E-state index contributed by atoms with van der Waals surface area (Å²) in [6.07, 6.45) is 3.18. The molecule has 3 rings (SSSR count). The second kappa shape index (κ2) is 9.16. The third-order valence-corrected chi connectivity index (χ3v) is 5.29. The van der Waals surface area contributed by atoms with Crippen molar-refractivity contribution in [3.05, 3.63) is 77.9 Å². The van der Waals surface area contributed by atoms with Gasteiger partial charge in [0.2, 0.25) is 5.90 Å². The molecule has 1 aliphatic rings. The number of rotatable bonds is 7. The molecule has 0 unspecified atom stereocenters. The molecule has 0 radical (unpaired) electrons. The van der Waals surface area contributed by atoms with Gasteiger partial charge in [0.1, 0.15) is 12.4 Å². The first-order valence-electron chi connectivity index (χ1n) is 10.1. The van der Waals surface area contributed by atoms with Crippen LogP contribution in [0.1, 0.15) is 38.3 Å². The number of benzene rings is 2. The lowest BCUT2D eigenvalue weighted by Gasteiger charge is -2.34. The smallest absolute Gasteiger partial charge is 0.341 e. The van der Waals surface area contributed by atoms with Gasteiger partial charge in [0.15, 0.2) is 5.54 Å². The van der Waals surface area contributed by atoms with Crippen molar-refractivity contribution >= 4 is 17.8 Å². The van der Waals surface area contributed by atoms with Crippen molar-refractivity contribution in [2.75, 3.05) is 7.11 Å².